The highest BCUT2D eigenvalue weighted by Gasteiger charge is 2.28. The molecule has 0 heterocycles. The summed E-state index contributed by atoms with van der Waals surface area (Å²) in [5.74, 6) is 1.04. The first kappa shape index (κ1) is 13.3. The zero-order valence-electron chi connectivity index (χ0n) is 11.6. The Bertz CT molecular complexity index is 233. The van der Waals surface area contributed by atoms with Gasteiger partial charge in [0.05, 0.1) is 6.54 Å². The molecule has 0 aromatic rings. The van der Waals surface area contributed by atoms with E-state index in [0.29, 0.717) is 6.04 Å². The van der Waals surface area contributed by atoms with E-state index >= 15 is 0 Å². The SMILES string of the molecule is CC(CN=C(N(C)C)N(C)C)N(C)C1CC1. The second-order valence-corrected chi connectivity index (χ2v) is 5.18. The normalized spacial score (nSPS) is 17.2. The Morgan fingerprint density at radius 3 is 2.00 bits per heavy atom. The first-order chi connectivity index (χ1) is 7.43. The highest BCUT2D eigenvalue weighted by Crippen LogP contribution is 2.26. The Balaban J connectivity index is 2.48. The van der Waals surface area contributed by atoms with Gasteiger partial charge in [0.1, 0.15) is 0 Å². The fourth-order valence-corrected chi connectivity index (χ4v) is 1.87. The molecule has 1 aliphatic carbocycles. The summed E-state index contributed by atoms with van der Waals surface area (Å²) in [5.41, 5.74) is 0. The fraction of sp³-hybridized carbons (Fsp3) is 0.917. The average Bonchev–Trinajstić information content (AvgIpc) is 2.98. The second kappa shape index (κ2) is 5.53. The van der Waals surface area contributed by atoms with Crippen LogP contribution in [0.1, 0.15) is 19.8 Å². The summed E-state index contributed by atoms with van der Waals surface area (Å²) in [6, 6.07) is 1.34. The lowest BCUT2D eigenvalue weighted by Crippen LogP contribution is -2.38. The summed E-state index contributed by atoms with van der Waals surface area (Å²) >= 11 is 0. The minimum absolute atomic E-state index is 0.530. The van der Waals surface area contributed by atoms with Crippen LogP contribution in [0.25, 0.3) is 0 Å². The molecule has 1 saturated carbocycles. The van der Waals surface area contributed by atoms with Gasteiger partial charge in [-0.1, -0.05) is 0 Å². The van der Waals surface area contributed by atoms with Crippen molar-refractivity contribution < 1.29 is 0 Å². The molecule has 0 spiro atoms. The summed E-state index contributed by atoms with van der Waals surface area (Å²) in [7, 11) is 10.4. The highest BCUT2D eigenvalue weighted by molar-refractivity contribution is 5.79. The van der Waals surface area contributed by atoms with Gasteiger partial charge in [-0.3, -0.25) is 9.89 Å². The number of likely N-dealkylation sites (N-methyl/N-ethyl adjacent to an activating group) is 1. The van der Waals surface area contributed by atoms with Crippen LogP contribution in [0.4, 0.5) is 0 Å². The maximum Gasteiger partial charge on any atom is 0.195 e. The largest absolute Gasteiger partial charge is 0.349 e. The van der Waals surface area contributed by atoms with Crippen molar-refractivity contribution in [3.63, 3.8) is 0 Å². The van der Waals surface area contributed by atoms with Crippen molar-refractivity contribution in [3.8, 4) is 0 Å². The van der Waals surface area contributed by atoms with Crippen LogP contribution < -0.4 is 0 Å². The van der Waals surface area contributed by atoms with E-state index in [9.17, 15) is 0 Å². The first-order valence-electron chi connectivity index (χ1n) is 6.04. The van der Waals surface area contributed by atoms with Gasteiger partial charge in [-0.05, 0) is 26.8 Å². The van der Waals surface area contributed by atoms with E-state index in [0.717, 1.165) is 18.5 Å². The number of rotatable bonds is 4. The minimum atomic E-state index is 0.530. The topological polar surface area (TPSA) is 22.1 Å². The van der Waals surface area contributed by atoms with Gasteiger partial charge in [0.15, 0.2) is 5.96 Å². The molecule has 0 saturated heterocycles. The number of hydrogen-bond donors (Lipinski definition) is 0. The lowest BCUT2D eigenvalue weighted by Gasteiger charge is -2.26. The molecule has 4 heteroatoms. The van der Waals surface area contributed by atoms with E-state index in [1.807, 2.05) is 28.2 Å². The molecule has 0 N–H and O–H groups in total. The predicted octanol–water partition coefficient (Wildman–Crippen LogP) is 0.948. The molecule has 0 aliphatic heterocycles. The summed E-state index contributed by atoms with van der Waals surface area (Å²) in [5, 5.41) is 0. The fourth-order valence-electron chi connectivity index (χ4n) is 1.87. The first-order valence-corrected chi connectivity index (χ1v) is 6.04. The second-order valence-electron chi connectivity index (χ2n) is 5.18. The third kappa shape index (κ3) is 3.67. The van der Waals surface area contributed by atoms with Gasteiger partial charge in [0.2, 0.25) is 0 Å². The van der Waals surface area contributed by atoms with E-state index in [1.165, 1.54) is 12.8 Å². The average molecular weight is 226 g/mol. The molecule has 1 rings (SSSR count). The van der Waals surface area contributed by atoms with Gasteiger partial charge < -0.3 is 9.80 Å². The molecular formula is C12H26N4. The van der Waals surface area contributed by atoms with E-state index in [4.69, 9.17) is 0 Å². The van der Waals surface area contributed by atoms with E-state index in [2.05, 4.69) is 33.7 Å². The third-order valence-corrected chi connectivity index (χ3v) is 3.12. The predicted molar refractivity (Wildman–Crippen MR) is 69.9 cm³/mol. The van der Waals surface area contributed by atoms with Crippen LogP contribution in [-0.2, 0) is 0 Å². The maximum atomic E-state index is 4.68. The van der Waals surface area contributed by atoms with Crippen LogP contribution in [0.15, 0.2) is 4.99 Å². The van der Waals surface area contributed by atoms with E-state index in [-0.39, 0.29) is 0 Å². The van der Waals surface area contributed by atoms with Crippen molar-refractivity contribution in [1.29, 1.82) is 0 Å². The van der Waals surface area contributed by atoms with Crippen LogP contribution >= 0.6 is 0 Å². The summed E-state index contributed by atoms with van der Waals surface area (Å²) in [4.78, 5) is 11.3. The molecule has 1 fully saturated rings. The van der Waals surface area contributed by atoms with Crippen molar-refractivity contribution in [2.24, 2.45) is 4.99 Å². The third-order valence-electron chi connectivity index (χ3n) is 3.12. The van der Waals surface area contributed by atoms with E-state index < -0.39 is 0 Å². The number of aliphatic imine (C=N–C) groups is 1. The Morgan fingerprint density at radius 1 is 1.12 bits per heavy atom. The Hall–Kier alpha value is -0.770. The minimum Gasteiger partial charge on any atom is -0.349 e. The molecular weight excluding hydrogens is 200 g/mol. The smallest absolute Gasteiger partial charge is 0.195 e. The molecule has 94 valence electrons. The maximum absolute atomic E-state index is 4.68. The van der Waals surface area contributed by atoms with Gasteiger partial charge in [-0.2, -0.15) is 0 Å². The summed E-state index contributed by atoms with van der Waals surface area (Å²) in [6.45, 7) is 3.13. The van der Waals surface area contributed by atoms with Crippen molar-refractivity contribution >= 4 is 5.96 Å². The molecule has 4 nitrogen and oxygen atoms in total. The quantitative estimate of drug-likeness (QED) is 0.526. The molecule has 0 amide bonds. The zero-order chi connectivity index (χ0) is 12.3. The van der Waals surface area contributed by atoms with Crippen molar-refractivity contribution in [2.75, 3.05) is 41.8 Å². The molecule has 1 unspecified atom stereocenters. The highest BCUT2D eigenvalue weighted by atomic mass is 15.3. The van der Waals surface area contributed by atoms with Crippen molar-refractivity contribution in [3.05, 3.63) is 0 Å². The van der Waals surface area contributed by atoms with Gasteiger partial charge >= 0.3 is 0 Å². The van der Waals surface area contributed by atoms with Crippen LogP contribution in [-0.4, -0.2) is 74.5 Å². The Kier molecular flexibility index (Phi) is 4.59. The monoisotopic (exact) mass is 226 g/mol. The standard InChI is InChI=1S/C12H26N4/c1-10(16(6)11-7-8-11)9-13-12(14(2)3)15(4)5/h10-11H,7-9H2,1-6H3. The molecule has 1 aliphatic rings. The lowest BCUT2D eigenvalue weighted by atomic mass is 10.3. The van der Waals surface area contributed by atoms with Gasteiger partial charge in [0.25, 0.3) is 0 Å². The van der Waals surface area contributed by atoms with Gasteiger partial charge in [-0.25, -0.2) is 0 Å². The number of hydrogen-bond acceptors (Lipinski definition) is 2. The van der Waals surface area contributed by atoms with Crippen molar-refractivity contribution in [1.82, 2.24) is 14.7 Å². The molecule has 1 atom stereocenters. The summed E-state index contributed by atoms with van der Waals surface area (Å²) in [6.07, 6.45) is 2.72. The number of nitrogens with zero attached hydrogens (tertiary/aromatic N) is 4. The zero-order valence-corrected chi connectivity index (χ0v) is 11.6. The molecule has 0 radical (unpaired) electrons. The lowest BCUT2D eigenvalue weighted by molar-refractivity contribution is 0.252. The Labute approximate surface area is 99.9 Å². The summed E-state index contributed by atoms with van der Waals surface area (Å²) < 4.78 is 0. The molecule has 0 aromatic carbocycles. The van der Waals surface area contributed by atoms with E-state index in [1.54, 1.807) is 0 Å². The van der Waals surface area contributed by atoms with Crippen LogP contribution in [0.2, 0.25) is 0 Å². The van der Waals surface area contributed by atoms with Gasteiger partial charge in [0, 0.05) is 40.3 Å². The Morgan fingerprint density at radius 2 is 1.62 bits per heavy atom. The number of guanidine groups is 1. The molecule has 16 heavy (non-hydrogen) atoms. The van der Waals surface area contributed by atoms with Crippen LogP contribution in [0, 0.1) is 0 Å². The van der Waals surface area contributed by atoms with Gasteiger partial charge in [-0.15, -0.1) is 0 Å². The molecule has 0 aromatic heterocycles. The van der Waals surface area contributed by atoms with Crippen molar-refractivity contribution in [2.45, 2.75) is 31.8 Å². The van der Waals surface area contributed by atoms with Crippen LogP contribution in [0.5, 0.6) is 0 Å². The molecule has 0 bridgehead atoms. The van der Waals surface area contributed by atoms with Crippen LogP contribution in [0.3, 0.4) is 0 Å².